The van der Waals surface area contributed by atoms with Crippen molar-refractivity contribution in [3.63, 3.8) is 0 Å². The van der Waals surface area contributed by atoms with Gasteiger partial charge in [0.15, 0.2) is 5.78 Å². The summed E-state index contributed by atoms with van der Waals surface area (Å²) in [6, 6.07) is 9.97. The maximum absolute atomic E-state index is 13.6. The first-order valence-electron chi connectivity index (χ1n) is 11.0. The van der Waals surface area contributed by atoms with Crippen molar-refractivity contribution >= 4 is 56.5 Å². The zero-order chi connectivity index (χ0) is 26.3. The van der Waals surface area contributed by atoms with Crippen LogP contribution in [0.2, 0.25) is 10.0 Å². The van der Waals surface area contributed by atoms with Gasteiger partial charge in [0.25, 0.3) is 0 Å². The third-order valence-corrected chi connectivity index (χ3v) is 7.04. The fourth-order valence-electron chi connectivity index (χ4n) is 3.54. The standard InChI is InChI=1S/C24H29Cl2N3O5S/c1-5-22(24(32)27-6-2)28(14-18-10-11-19(25)13-21(18)26)23(31)15-29(35(4,33)34)20-9-7-8-17(12-20)16(3)30/h7-13,22H,5-6,14-15H2,1-4H3,(H,27,32)/t22-/m0/s1. The molecule has 1 N–H and O–H groups in total. The van der Waals surface area contributed by atoms with Crippen LogP contribution >= 0.6 is 23.2 Å². The van der Waals surface area contributed by atoms with E-state index in [2.05, 4.69) is 5.32 Å². The first-order chi connectivity index (χ1) is 16.4. The van der Waals surface area contributed by atoms with E-state index in [1.165, 1.54) is 30.0 Å². The summed E-state index contributed by atoms with van der Waals surface area (Å²) in [4.78, 5) is 39.5. The third-order valence-electron chi connectivity index (χ3n) is 5.31. The molecule has 0 saturated carbocycles. The number of hydrogen-bond acceptors (Lipinski definition) is 5. The first kappa shape index (κ1) is 28.6. The van der Waals surface area contributed by atoms with Crippen molar-refractivity contribution in [3.05, 3.63) is 63.6 Å². The average molecular weight is 542 g/mol. The molecule has 2 rings (SSSR count). The van der Waals surface area contributed by atoms with Crippen LogP contribution in [0.4, 0.5) is 5.69 Å². The van der Waals surface area contributed by atoms with Crippen molar-refractivity contribution in [2.45, 2.75) is 39.8 Å². The Bertz CT molecular complexity index is 1200. The van der Waals surface area contributed by atoms with E-state index in [9.17, 15) is 22.8 Å². The van der Waals surface area contributed by atoms with E-state index in [1.54, 1.807) is 38.1 Å². The Morgan fingerprint density at radius 3 is 2.29 bits per heavy atom. The number of halogens is 2. The lowest BCUT2D eigenvalue weighted by atomic mass is 10.1. The van der Waals surface area contributed by atoms with Crippen LogP contribution in [0.5, 0.6) is 0 Å². The third kappa shape index (κ3) is 7.68. The highest BCUT2D eigenvalue weighted by Gasteiger charge is 2.32. The van der Waals surface area contributed by atoms with Gasteiger partial charge in [0.2, 0.25) is 21.8 Å². The molecule has 0 aliphatic rings. The summed E-state index contributed by atoms with van der Waals surface area (Å²) in [7, 11) is -3.91. The molecule has 0 saturated heterocycles. The fourth-order valence-corrected chi connectivity index (χ4v) is 4.85. The van der Waals surface area contributed by atoms with Crippen LogP contribution in [0.3, 0.4) is 0 Å². The molecule has 0 aromatic heterocycles. The van der Waals surface area contributed by atoms with Gasteiger partial charge in [-0.15, -0.1) is 0 Å². The molecule has 2 amide bonds. The number of sulfonamides is 1. The second-order valence-corrected chi connectivity index (χ2v) is 10.7. The lowest BCUT2D eigenvalue weighted by molar-refractivity contribution is -0.140. The number of benzene rings is 2. The molecule has 0 heterocycles. The van der Waals surface area contributed by atoms with Gasteiger partial charge in [-0.25, -0.2) is 8.42 Å². The predicted octanol–water partition coefficient (Wildman–Crippen LogP) is 3.91. The lowest BCUT2D eigenvalue weighted by Gasteiger charge is -2.33. The molecule has 0 unspecified atom stereocenters. The van der Waals surface area contributed by atoms with E-state index in [-0.39, 0.29) is 23.9 Å². The highest BCUT2D eigenvalue weighted by atomic mass is 35.5. The van der Waals surface area contributed by atoms with E-state index in [4.69, 9.17) is 23.2 Å². The SMILES string of the molecule is CCNC(=O)[C@H](CC)N(Cc1ccc(Cl)cc1Cl)C(=O)CN(c1cccc(C(C)=O)c1)S(C)(=O)=O. The van der Waals surface area contributed by atoms with Crippen molar-refractivity contribution in [1.29, 1.82) is 0 Å². The highest BCUT2D eigenvalue weighted by Crippen LogP contribution is 2.25. The van der Waals surface area contributed by atoms with Crippen LogP contribution in [0, 0.1) is 0 Å². The van der Waals surface area contributed by atoms with E-state index in [1.807, 2.05) is 0 Å². The van der Waals surface area contributed by atoms with Crippen LogP contribution in [0.1, 0.15) is 43.1 Å². The predicted molar refractivity (Wildman–Crippen MR) is 138 cm³/mol. The second kappa shape index (κ2) is 12.4. The van der Waals surface area contributed by atoms with E-state index in [0.29, 0.717) is 34.1 Å². The van der Waals surface area contributed by atoms with Crippen molar-refractivity contribution < 1.29 is 22.8 Å². The van der Waals surface area contributed by atoms with Gasteiger partial charge < -0.3 is 10.2 Å². The molecule has 0 radical (unpaired) electrons. The number of carbonyl (C=O) groups excluding carboxylic acids is 3. The highest BCUT2D eigenvalue weighted by molar-refractivity contribution is 7.92. The molecule has 0 fully saturated rings. The molecular formula is C24H29Cl2N3O5S. The maximum Gasteiger partial charge on any atom is 0.244 e. The van der Waals surface area contributed by atoms with Gasteiger partial charge in [-0.3, -0.25) is 18.7 Å². The van der Waals surface area contributed by atoms with Gasteiger partial charge in [-0.2, -0.15) is 0 Å². The van der Waals surface area contributed by atoms with Crippen LogP contribution in [0.25, 0.3) is 0 Å². The Balaban J connectivity index is 2.50. The first-order valence-corrected chi connectivity index (χ1v) is 13.6. The number of nitrogens with one attached hydrogen (secondary N) is 1. The van der Waals surface area contributed by atoms with Crippen molar-refractivity contribution in [3.8, 4) is 0 Å². The molecule has 2 aromatic rings. The van der Waals surface area contributed by atoms with Gasteiger partial charge >= 0.3 is 0 Å². The summed E-state index contributed by atoms with van der Waals surface area (Å²) < 4.78 is 26.2. The zero-order valence-electron chi connectivity index (χ0n) is 20.0. The fraction of sp³-hybridized carbons (Fsp3) is 0.375. The maximum atomic E-state index is 13.6. The summed E-state index contributed by atoms with van der Waals surface area (Å²) in [6.45, 7) is 4.66. The van der Waals surface area contributed by atoms with Gasteiger partial charge in [-0.05, 0) is 50.1 Å². The zero-order valence-corrected chi connectivity index (χ0v) is 22.4. The number of anilines is 1. The average Bonchev–Trinajstić information content (AvgIpc) is 2.78. The summed E-state index contributed by atoms with van der Waals surface area (Å²) in [5.74, 6) is -1.21. The minimum absolute atomic E-state index is 0.0322. The minimum Gasteiger partial charge on any atom is -0.355 e. The number of carbonyl (C=O) groups is 3. The number of amides is 2. The van der Waals surface area contributed by atoms with Crippen LogP contribution in [0.15, 0.2) is 42.5 Å². The van der Waals surface area contributed by atoms with Crippen LogP contribution in [-0.2, 0) is 26.2 Å². The quantitative estimate of drug-likeness (QED) is 0.434. The number of nitrogens with zero attached hydrogens (tertiary/aromatic N) is 2. The molecule has 11 heteroatoms. The molecular weight excluding hydrogens is 513 g/mol. The van der Waals surface area contributed by atoms with E-state index < -0.39 is 28.5 Å². The Morgan fingerprint density at radius 2 is 1.74 bits per heavy atom. The molecule has 190 valence electrons. The van der Waals surface area contributed by atoms with Crippen LogP contribution < -0.4 is 9.62 Å². The van der Waals surface area contributed by atoms with Crippen LogP contribution in [-0.4, -0.2) is 56.3 Å². The smallest absolute Gasteiger partial charge is 0.244 e. The summed E-state index contributed by atoms with van der Waals surface area (Å²) >= 11 is 12.3. The second-order valence-electron chi connectivity index (χ2n) is 7.95. The summed E-state index contributed by atoms with van der Waals surface area (Å²) in [5.41, 5.74) is 1.03. The molecule has 1 atom stereocenters. The van der Waals surface area contributed by atoms with Gasteiger partial charge in [0.1, 0.15) is 12.6 Å². The number of rotatable bonds is 11. The Morgan fingerprint density at radius 1 is 1.06 bits per heavy atom. The lowest BCUT2D eigenvalue weighted by Crippen LogP contribution is -2.52. The number of likely N-dealkylation sites (N-methyl/N-ethyl adjacent to an activating group) is 1. The molecule has 0 spiro atoms. The summed E-state index contributed by atoms with van der Waals surface area (Å²) in [6.07, 6.45) is 1.27. The van der Waals surface area contributed by atoms with E-state index >= 15 is 0 Å². The number of ketones is 1. The van der Waals surface area contributed by atoms with Crippen molar-refractivity contribution in [2.75, 3.05) is 23.7 Å². The Kier molecular flexibility index (Phi) is 10.1. The topological polar surface area (TPSA) is 104 Å². The van der Waals surface area contributed by atoms with Gasteiger partial charge in [-0.1, -0.05) is 48.3 Å². The Hall–Kier alpha value is -2.62. The number of Topliss-reactive ketones (excluding diaryl/α,β-unsaturated/α-hetero) is 1. The van der Waals surface area contributed by atoms with E-state index in [0.717, 1.165) is 10.6 Å². The Labute approximate surface area is 216 Å². The largest absolute Gasteiger partial charge is 0.355 e. The monoisotopic (exact) mass is 541 g/mol. The molecule has 35 heavy (non-hydrogen) atoms. The minimum atomic E-state index is -3.91. The summed E-state index contributed by atoms with van der Waals surface area (Å²) in [5, 5.41) is 3.45. The molecule has 0 bridgehead atoms. The normalized spacial score (nSPS) is 12.1. The molecule has 2 aromatic carbocycles. The molecule has 8 nitrogen and oxygen atoms in total. The number of hydrogen-bond donors (Lipinski definition) is 1. The molecule has 0 aliphatic heterocycles. The van der Waals surface area contributed by atoms with Crippen molar-refractivity contribution in [1.82, 2.24) is 10.2 Å². The van der Waals surface area contributed by atoms with Gasteiger partial charge in [0.05, 0.1) is 11.9 Å². The molecule has 0 aliphatic carbocycles. The van der Waals surface area contributed by atoms with Gasteiger partial charge in [0, 0.05) is 28.7 Å². The van der Waals surface area contributed by atoms with Crippen molar-refractivity contribution in [2.24, 2.45) is 0 Å².